The quantitative estimate of drug-likeness (QED) is 0.414. The maximum absolute atomic E-state index is 12.9. The topological polar surface area (TPSA) is 47.8 Å². The summed E-state index contributed by atoms with van der Waals surface area (Å²) in [6, 6.07) is 12.3. The molecule has 0 spiro atoms. The van der Waals surface area contributed by atoms with Gasteiger partial charge in [0.2, 0.25) is 0 Å². The number of carbonyl (C=O) groups is 1. The molecule has 5 heteroatoms. The fourth-order valence-corrected chi connectivity index (χ4v) is 4.27. The van der Waals surface area contributed by atoms with Crippen LogP contribution in [0, 0.1) is 27.7 Å². The van der Waals surface area contributed by atoms with Crippen molar-refractivity contribution < 1.29 is 4.79 Å². The van der Waals surface area contributed by atoms with Crippen LogP contribution in [0.4, 0.5) is 0 Å². The van der Waals surface area contributed by atoms with E-state index in [1.807, 2.05) is 31.2 Å². The zero-order chi connectivity index (χ0) is 20.3. The Morgan fingerprint density at radius 1 is 1.00 bits per heavy atom. The largest absolute Gasteiger partial charge is 0.306 e. The van der Waals surface area contributed by atoms with Crippen LogP contribution in [0.2, 0.25) is 0 Å². The van der Waals surface area contributed by atoms with Gasteiger partial charge in [-0.3, -0.25) is 4.79 Å². The summed E-state index contributed by atoms with van der Waals surface area (Å²) < 4.78 is 2.10. The fourth-order valence-electron chi connectivity index (χ4n) is 3.36. The Balaban J connectivity index is 1.75. The van der Waals surface area contributed by atoms with E-state index in [-0.39, 0.29) is 5.78 Å². The van der Waals surface area contributed by atoms with Crippen LogP contribution < -0.4 is 0 Å². The van der Waals surface area contributed by atoms with E-state index in [0.717, 1.165) is 35.1 Å². The number of aryl methyl sites for hydroxylation is 1. The van der Waals surface area contributed by atoms with Crippen molar-refractivity contribution in [2.75, 3.05) is 5.75 Å². The summed E-state index contributed by atoms with van der Waals surface area (Å²) in [6.07, 6.45) is 0.742. The smallest absolute Gasteiger partial charge is 0.191 e. The summed E-state index contributed by atoms with van der Waals surface area (Å²) in [7, 11) is 0. The first-order chi connectivity index (χ1) is 13.4. The number of Topliss-reactive ketones (excluding diaryl/α,β-unsaturated/α-hetero) is 1. The lowest BCUT2D eigenvalue weighted by molar-refractivity contribution is 0.102. The Morgan fingerprint density at radius 2 is 1.71 bits per heavy atom. The molecule has 0 saturated heterocycles. The van der Waals surface area contributed by atoms with Gasteiger partial charge in [-0.05, 0) is 68.5 Å². The molecule has 1 aromatic heterocycles. The molecular weight excluding hydrogens is 366 g/mol. The summed E-state index contributed by atoms with van der Waals surface area (Å²) >= 11 is 1.47. The predicted molar refractivity (Wildman–Crippen MR) is 115 cm³/mol. The van der Waals surface area contributed by atoms with Crippen LogP contribution >= 0.6 is 11.8 Å². The van der Waals surface area contributed by atoms with Gasteiger partial charge in [-0.15, -0.1) is 10.2 Å². The molecule has 0 saturated carbocycles. The molecule has 3 rings (SSSR count). The zero-order valence-corrected chi connectivity index (χ0v) is 18.1. The average molecular weight is 394 g/mol. The molecule has 1 heterocycles. The third-order valence-corrected chi connectivity index (χ3v) is 6.40. The van der Waals surface area contributed by atoms with Gasteiger partial charge in [-0.2, -0.15) is 0 Å². The van der Waals surface area contributed by atoms with E-state index in [4.69, 9.17) is 0 Å². The maximum Gasteiger partial charge on any atom is 0.191 e. The second-order valence-corrected chi connectivity index (χ2v) is 8.08. The maximum atomic E-state index is 12.9. The van der Waals surface area contributed by atoms with E-state index in [1.54, 1.807) is 0 Å². The monoisotopic (exact) mass is 393 g/mol. The summed E-state index contributed by atoms with van der Waals surface area (Å²) in [5, 5.41) is 9.52. The molecule has 0 atom stereocenters. The van der Waals surface area contributed by atoms with Gasteiger partial charge in [0.25, 0.3) is 0 Å². The molecule has 0 bridgehead atoms. The first-order valence-electron chi connectivity index (χ1n) is 9.61. The van der Waals surface area contributed by atoms with Crippen molar-refractivity contribution in [3.05, 3.63) is 75.6 Å². The number of hydrogen-bond donors (Lipinski definition) is 0. The molecule has 0 unspecified atom stereocenters. The van der Waals surface area contributed by atoms with E-state index in [1.165, 1.54) is 34.0 Å². The van der Waals surface area contributed by atoms with Crippen molar-refractivity contribution in [3.63, 3.8) is 0 Å². The van der Waals surface area contributed by atoms with Crippen molar-refractivity contribution in [2.24, 2.45) is 0 Å². The number of thioether (sulfide) groups is 1. The molecule has 4 nitrogen and oxygen atoms in total. The lowest BCUT2D eigenvalue weighted by Gasteiger charge is -2.13. The van der Waals surface area contributed by atoms with Crippen LogP contribution in [0.3, 0.4) is 0 Å². The minimum Gasteiger partial charge on any atom is -0.306 e. The summed E-state index contributed by atoms with van der Waals surface area (Å²) in [5.74, 6) is 1.44. The zero-order valence-electron chi connectivity index (χ0n) is 17.2. The molecule has 3 aromatic rings. The van der Waals surface area contributed by atoms with Crippen LogP contribution in [0.5, 0.6) is 0 Å². The van der Waals surface area contributed by atoms with Gasteiger partial charge in [-0.25, -0.2) is 0 Å². The summed E-state index contributed by atoms with van der Waals surface area (Å²) in [6.45, 7) is 11.2. The van der Waals surface area contributed by atoms with Crippen LogP contribution in [-0.4, -0.2) is 26.3 Å². The summed E-state index contributed by atoms with van der Waals surface area (Å²) in [4.78, 5) is 12.9. The molecule has 0 N–H and O–H groups in total. The molecule has 0 aliphatic rings. The van der Waals surface area contributed by atoms with Gasteiger partial charge >= 0.3 is 0 Å². The SMILES string of the molecule is CCn1c(Cc2ccccc2)nnc1SCC(=O)c1cc(C)c(C)c(C)c1C. The third kappa shape index (κ3) is 4.20. The van der Waals surface area contributed by atoms with Crippen LogP contribution in [0.25, 0.3) is 0 Å². The second kappa shape index (κ2) is 8.74. The van der Waals surface area contributed by atoms with Gasteiger partial charge < -0.3 is 4.57 Å². The molecule has 0 amide bonds. The Labute approximate surface area is 171 Å². The highest BCUT2D eigenvalue weighted by Gasteiger charge is 2.17. The minimum atomic E-state index is 0.143. The number of rotatable bonds is 7. The van der Waals surface area contributed by atoms with Gasteiger partial charge in [0.05, 0.1) is 5.75 Å². The molecule has 146 valence electrons. The fraction of sp³-hybridized carbons (Fsp3) is 0.348. The molecule has 2 aromatic carbocycles. The van der Waals surface area contributed by atoms with Gasteiger partial charge in [-0.1, -0.05) is 42.1 Å². The summed E-state index contributed by atoms with van der Waals surface area (Å²) in [5.41, 5.74) is 6.74. The standard InChI is InChI=1S/C23H27N3OS/c1-6-26-22(13-19-10-8-7-9-11-19)24-25-23(26)28-14-21(27)20-12-15(2)16(3)17(4)18(20)5/h7-12H,6,13-14H2,1-5H3. The molecule has 0 aliphatic carbocycles. The number of aromatic nitrogens is 3. The first-order valence-corrected chi connectivity index (χ1v) is 10.6. The number of ketones is 1. The minimum absolute atomic E-state index is 0.143. The highest BCUT2D eigenvalue weighted by molar-refractivity contribution is 7.99. The second-order valence-electron chi connectivity index (χ2n) is 7.13. The highest BCUT2D eigenvalue weighted by Crippen LogP contribution is 2.25. The molecule has 0 fully saturated rings. The van der Waals surface area contributed by atoms with Crippen molar-refractivity contribution in [2.45, 2.75) is 52.7 Å². The van der Waals surface area contributed by atoms with Crippen LogP contribution in [-0.2, 0) is 13.0 Å². The number of carbonyl (C=O) groups excluding carboxylic acids is 1. The molecule has 0 aliphatic heterocycles. The number of nitrogens with zero attached hydrogens (tertiary/aromatic N) is 3. The lowest BCUT2D eigenvalue weighted by atomic mass is 9.93. The predicted octanol–water partition coefficient (Wildman–Crippen LogP) is 5.10. The van der Waals surface area contributed by atoms with Gasteiger partial charge in [0, 0.05) is 18.5 Å². The highest BCUT2D eigenvalue weighted by atomic mass is 32.2. The van der Waals surface area contributed by atoms with E-state index in [9.17, 15) is 4.79 Å². The van der Waals surface area contributed by atoms with E-state index < -0.39 is 0 Å². The number of benzene rings is 2. The number of hydrogen-bond acceptors (Lipinski definition) is 4. The van der Waals surface area contributed by atoms with Crippen LogP contribution in [0.15, 0.2) is 41.6 Å². The van der Waals surface area contributed by atoms with Gasteiger partial charge in [0.15, 0.2) is 10.9 Å². The van der Waals surface area contributed by atoms with Gasteiger partial charge in [0.1, 0.15) is 5.82 Å². The van der Waals surface area contributed by atoms with E-state index >= 15 is 0 Å². The van der Waals surface area contributed by atoms with E-state index in [2.05, 4.69) is 54.6 Å². The first kappa shape index (κ1) is 20.3. The molecule has 0 radical (unpaired) electrons. The van der Waals surface area contributed by atoms with Crippen LogP contribution in [0.1, 0.15) is 50.9 Å². The van der Waals surface area contributed by atoms with Crippen molar-refractivity contribution in [1.29, 1.82) is 0 Å². The van der Waals surface area contributed by atoms with Crippen molar-refractivity contribution >= 4 is 17.5 Å². The molecule has 28 heavy (non-hydrogen) atoms. The third-order valence-electron chi connectivity index (χ3n) is 5.43. The van der Waals surface area contributed by atoms with Crippen molar-refractivity contribution in [1.82, 2.24) is 14.8 Å². The molecular formula is C23H27N3OS. The van der Waals surface area contributed by atoms with Crippen molar-refractivity contribution in [3.8, 4) is 0 Å². The normalized spacial score (nSPS) is 11.0. The Morgan fingerprint density at radius 3 is 2.39 bits per heavy atom. The van der Waals surface area contributed by atoms with E-state index in [0.29, 0.717) is 5.75 Å². The Hall–Kier alpha value is -2.40. The Bertz CT molecular complexity index is 993. The average Bonchev–Trinajstić information content (AvgIpc) is 3.09. The Kier molecular flexibility index (Phi) is 6.35. The lowest BCUT2D eigenvalue weighted by Crippen LogP contribution is -2.09.